The molecule has 1 aromatic carbocycles. The molecule has 0 aliphatic carbocycles. The zero-order valence-electron chi connectivity index (χ0n) is 15.7. The number of carbonyl (C=O) groups excluding carboxylic acids is 4. The molecule has 0 atom stereocenters. The summed E-state index contributed by atoms with van der Waals surface area (Å²) < 4.78 is 0. The van der Waals surface area contributed by atoms with Gasteiger partial charge in [-0.3, -0.25) is 29.1 Å². The highest BCUT2D eigenvalue weighted by Crippen LogP contribution is 2.22. The summed E-state index contributed by atoms with van der Waals surface area (Å²) in [6.07, 6.45) is 4.44. The van der Waals surface area contributed by atoms with Gasteiger partial charge in [-0.1, -0.05) is 12.1 Å². The van der Waals surface area contributed by atoms with Crippen molar-refractivity contribution in [3.05, 3.63) is 59.7 Å². The van der Waals surface area contributed by atoms with Crippen LogP contribution in [0.4, 0.5) is 0 Å². The van der Waals surface area contributed by atoms with Crippen LogP contribution in [0.25, 0.3) is 0 Å². The Kier molecular flexibility index (Phi) is 5.03. The quantitative estimate of drug-likeness (QED) is 0.699. The summed E-state index contributed by atoms with van der Waals surface area (Å²) in [6.45, 7) is 1.63. The van der Waals surface area contributed by atoms with Gasteiger partial charge in [0.15, 0.2) is 0 Å². The lowest BCUT2D eigenvalue weighted by atomic mass is 10.1. The van der Waals surface area contributed by atoms with E-state index in [1.54, 1.807) is 34.1 Å². The molecule has 29 heavy (non-hydrogen) atoms. The minimum atomic E-state index is -0.363. The smallest absolute Gasteiger partial charge is 0.274 e. The lowest BCUT2D eigenvalue weighted by molar-refractivity contribution is -0.132. The lowest BCUT2D eigenvalue weighted by Gasteiger charge is -2.34. The standard InChI is InChI=1S/C20H19N5O4/c26-17(5-8-25-18(27)14-3-1-2-4-15(14)19(25)28)23-9-11-24(12-10-23)20(29)16-13-21-6-7-22-16/h1-4,6-7,13H,5,8-12H2. The van der Waals surface area contributed by atoms with Gasteiger partial charge in [-0.05, 0) is 12.1 Å². The molecule has 0 N–H and O–H groups in total. The van der Waals surface area contributed by atoms with Gasteiger partial charge in [0.2, 0.25) is 5.91 Å². The first kappa shape index (κ1) is 18.7. The Labute approximate surface area is 166 Å². The number of aromatic nitrogens is 2. The van der Waals surface area contributed by atoms with Gasteiger partial charge in [-0.15, -0.1) is 0 Å². The zero-order chi connectivity index (χ0) is 20.4. The molecule has 148 valence electrons. The van der Waals surface area contributed by atoms with Gasteiger partial charge in [0.25, 0.3) is 17.7 Å². The number of carbonyl (C=O) groups is 4. The Morgan fingerprint density at radius 3 is 2.10 bits per heavy atom. The van der Waals surface area contributed by atoms with Crippen LogP contribution in [-0.4, -0.2) is 81.0 Å². The normalized spacial score (nSPS) is 16.2. The van der Waals surface area contributed by atoms with Crippen LogP contribution in [-0.2, 0) is 4.79 Å². The van der Waals surface area contributed by atoms with Crippen molar-refractivity contribution < 1.29 is 19.2 Å². The summed E-state index contributed by atoms with van der Waals surface area (Å²) in [5, 5.41) is 0. The molecule has 0 radical (unpaired) electrons. The molecule has 2 aromatic rings. The Morgan fingerprint density at radius 2 is 1.52 bits per heavy atom. The molecule has 9 heteroatoms. The molecule has 0 spiro atoms. The molecule has 1 fully saturated rings. The van der Waals surface area contributed by atoms with Crippen LogP contribution in [0.2, 0.25) is 0 Å². The molecule has 2 aliphatic heterocycles. The number of amides is 4. The molecular formula is C20H19N5O4. The van der Waals surface area contributed by atoms with Crippen LogP contribution in [0.5, 0.6) is 0 Å². The monoisotopic (exact) mass is 393 g/mol. The van der Waals surface area contributed by atoms with Crippen molar-refractivity contribution in [1.29, 1.82) is 0 Å². The van der Waals surface area contributed by atoms with E-state index in [0.717, 1.165) is 4.90 Å². The van der Waals surface area contributed by atoms with E-state index in [9.17, 15) is 19.2 Å². The topological polar surface area (TPSA) is 104 Å². The highest BCUT2D eigenvalue weighted by Gasteiger charge is 2.35. The Hall–Kier alpha value is -3.62. The maximum Gasteiger partial charge on any atom is 0.274 e. The summed E-state index contributed by atoms with van der Waals surface area (Å²) in [4.78, 5) is 62.0. The molecule has 4 amide bonds. The van der Waals surface area contributed by atoms with Crippen molar-refractivity contribution in [1.82, 2.24) is 24.7 Å². The van der Waals surface area contributed by atoms with Crippen LogP contribution in [0.15, 0.2) is 42.9 Å². The second-order valence-corrected chi connectivity index (χ2v) is 6.82. The third-order valence-corrected chi connectivity index (χ3v) is 5.13. The fourth-order valence-corrected chi connectivity index (χ4v) is 3.54. The second kappa shape index (κ2) is 7.78. The minimum absolute atomic E-state index is 0.0456. The number of rotatable bonds is 4. The SMILES string of the molecule is O=C(CCN1C(=O)c2ccccc2C1=O)N1CCN(C(=O)c2cnccn2)CC1. The molecule has 1 saturated heterocycles. The molecular weight excluding hydrogens is 374 g/mol. The number of benzene rings is 1. The van der Waals surface area contributed by atoms with Gasteiger partial charge < -0.3 is 9.80 Å². The van der Waals surface area contributed by atoms with E-state index in [2.05, 4.69) is 9.97 Å². The van der Waals surface area contributed by atoms with Crippen LogP contribution in [0.3, 0.4) is 0 Å². The van der Waals surface area contributed by atoms with Crippen LogP contribution >= 0.6 is 0 Å². The Bertz CT molecular complexity index is 935. The fraction of sp³-hybridized carbons (Fsp3) is 0.300. The molecule has 0 unspecified atom stereocenters. The predicted octanol–water partition coefficient (Wildman–Crippen LogP) is 0.447. The number of imide groups is 1. The van der Waals surface area contributed by atoms with E-state index in [-0.39, 0.29) is 42.3 Å². The predicted molar refractivity (Wildman–Crippen MR) is 101 cm³/mol. The zero-order valence-corrected chi connectivity index (χ0v) is 15.7. The van der Waals surface area contributed by atoms with Crippen molar-refractivity contribution in [2.75, 3.05) is 32.7 Å². The van der Waals surface area contributed by atoms with Crippen molar-refractivity contribution in [2.45, 2.75) is 6.42 Å². The Balaban J connectivity index is 1.29. The maximum atomic E-state index is 12.5. The van der Waals surface area contributed by atoms with E-state index in [0.29, 0.717) is 37.3 Å². The molecule has 0 saturated carbocycles. The van der Waals surface area contributed by atoms with E-state index >= 15 is 0 Å². The van der Waals surface area contributed by atoms with Gasteiger partial charge in [0, 0.05) is 51.5 Å². The maximum absolute atomic E-state index is 12.5. The van der Waals surface area contributed by atoms with Crippen molar-refractivity contribution in [3.63, 3.8) is 0 Å². The first-order valence-corrected chi connectivity index (χ1v) is 9.34. The van der Waals surface area contributed by atoms with Gasteiger partial charge in [0.1, 0.15) is 5.69 Å². The van der Waals surface area contributed by atoms with Crippen molar-refractivity contribution in [2.24, 2.45) is 0 Å². The average molecular weight is 393 g/mol. The first-order chi connectivity index (χ1) is 14.1. The average Bonchev–Trinajstić information content (AvgIpc) is 3.02. The highest BCUT2D eigenvalue weighted by atomic mass is 16.2. The van der Waals surface area contributed by atoms with Crippen LogP contribution in [0, 0.1) is 0 Å². The molecule has 3 heterocycles. The third-order valence-electron chi connectivity index (χ3n) is 5.13. The largest absolute Gasteiger partial charge is 0.339 e. The number of hydrogen-bond acceptors (Lipinski definition) is 6. The highest BCUT2D eigenvalue weighted by molar-refractivity contribution is 6.21. The summed E-state index contributed by atoms with van der Waals surface area (Å²) in [6, 6.07) is 6.65. The third kappa shape index (κ3) is 3.58. The molecule has 4 rings (SSSR count). The van der Waals surface area contributed by atoms with E-state index in [4.69, 9.17) is 0 Å². The van der Waals surface area contributed by atoms with Gasteiger partial charge >= 0.3 is 0 Å². The van der Waals surface area contributed by atoms with Gasteiger partial charge in [0.05, 0.1) is 17.3 Å². The Morgan fingerprint density at radius 1 is 0.897 bits per heavy atom. The van der Waals surface area contributed by atoms with E-state index < -0.39 is 0 Å². The second-order valence-electron chi connectivity index (χ2n) is 6.82. The molecule has 9 nitrogen and oxygen atoms in total. The number of fused-ring (bicyclic) bond motifs is 1. The summed E-state index contributed by atoms with van der Waals surface area (Å²) in [5.74, 6) is -1.08. The number of piperazine rings is 1. The lowest BCUT2D eigenvalue weighted by Crippen LogP contribution is -2.51. The number of hydrogen-bond donors (Lipinski definition) is 0. The molecule has 2 aliphatic rings. The van der Waals surface area contributed by atoms with Crippen LogP contribution in [0.1, 0.15) is 37.6 Å². The first-order valence-electron chi connectivity index (χ1n) is 9.34. The van der Waals surface area contributed by atoms with Gasteiger partial charge in [-0.2, -0.15) is 0 Å². The number of nitrogens with zero attached hydrogens (tertiary/aromatic N) is 5. The summed E-state index contributed by atoms with van der Waals surface area (Å²) in [5.41, 5.74) is 1.03. The van der Waals surface area contributed by atoms with Gasteiger partial charge in [-0.25, -0.2) is 4.98 Å². The molecule has 1 aromatic heterocycles. The van der Waals surface area contributed by atoms with Crippen molar-refractivity contribution in [3.8, 4) is 0 Å². The summed E-state index contributed by atoms with van der Waals surface area (Å²) >= 11 is 0. The van der Waals surface area contributed by atoms with E-state index in [1.807, 2.05) is 0 Å². The molecule has 0 bridgehead atoms. The van der Waals surface area contributed by atoms with Crippen molar-refractivity contribution >= 4 is 23.6 Å². The minimum Gasteiger partial charge on any atom is -0.339 e. The van der Waals surface area contributed by atoms with Crippen LogP contribution < -0.4 is 0 Å². The van der Waals surface area contributed by atoms with E-state index in [1.165, 1.54) is 18.6 Å². The summed E-state index contributed by atoms with van der Waals surface area (Å²) in [7, 11) is 0. The fourth-order valence-electron chi connectivity index (χ4n) is 3.54.